The highest BCUT2D eigenvalue weighted by Crippen LogP contribution is 2.33. The lowest BCUT2D eigenvalue weighted by atomic mass is 9.86. The highest BCUT2D eigenvalue weighted by molar-refractivity contribution is 6.23. The molecule has 4 aromatic rings. The number of ether oxygens (including phenoxy) is 1. The van der Waals surface area contributed by atoms with Crippen LogP contribution in [0, 0.1) is 5.92 Å². The van der Waals surface area contributed by atoms with E-state index in [4.69, 9.17) is 4.74 Å². The van der Waals surface area contributed by atoms with E-state index in [0.717, 1.165) is 23.1 Å². The van der Waals surface area contributed by atoms with Gasteiger partial charge in [0, 0.05) is 18.0 Å². The number of aryl methyl sites for hydroxylation is 1. The Labute approximate surface area is 251 Å². The zero-order valence-corrected chi connectivity index (χ0v) is 24.2. The maximum atomic E-state index is 14.3. The Bertz CT molecular complexity index is 1580. The number of rotatable bonds is 13. The summed E-state index contributed by atoms with van der Waals surface area (Å²) in [5, 5.41) is 3.88. The largest absolute Gasteiger partial charge is 0.469 e. The number of carbonyl (C=O) groups is 4. The normalized spacial score (nSPS) is 13.9. The number of hydrogen-bond donors (Lipinski definition) is 1. The second-order valence-electron chi connectivity index (χ2n) is 10.8. The summed E-state index contributed by atoms with van der Waals surface area (Å²) in [4.78, 5) is 59.1. The number of pyridine rings is 1. The van der Waals surface area contributed by atoms with Gasteiger partial charge in [-0.15, -0.1) is 0 Å². The van der Waals surface area contributed by atoms with Crippen molar-refractivity contribution >= 4 is 40.3 Å². The van der Waals surface area contributed by atoms with E-state index < -0.39 is 23.8 Å². The molecule has 0 aliphatic carbocycles. The van der Waals surface area contributed by atoms with E-state index in [1.165, 1.54) is 12.7 Å². The molecule has 0 saturated carbocycles. The fourth-order valence-electron chi connectivity index (χ4n) is 5.87. The molecule has 0 bridgehead atoms. The number of fused-ring (bicyclic) bond motifs is 2. The van der Waals surface area contributed by atoms with Crippen molar-refractivity contribution in [3.63, 3.8) is 0 Å². The second kappa shape index (κ2) is 13.9. The summed E-state index contributed by atoms with van der Waals surface area (Å²) >= 11 is 0. The zero-order chi connectivity index (χ0) is 30.2. The van der Waals surface area contributed by atoms with Crippen molar-refractivity contribution in [1.82, 2.24) is 9.88 Å². The number of unbranched alkanes of at least 4 members (excludes halogenated alkanes) is 1. The third-order valence-corrected chi connectivity index (χ3v) is 8.03. The predicted octanol–water partition coefficient (Wildman–Crippen LogP) is 6.21. The third-order valence-electron chi connectivity index (χ3n) is 8.03. The minimum absolute atomic E-state index is 0.263. The molecule has 0 unspecified atom stereocenters. The number of methoxy groups -OCH3 is 1. The molecule has 0 fully saturated rings. The Hall–Kier alpha value is -4.85. The number of anilines is 1. The standard InChI is InChI=1S/C35H35N3O5/c1-43-30(39)22-8-5-15-26(17-9-14-24-12-3-2-4-13-24)32(38-34(41)27-19-6-7-20-28(27)35(38)42)33(40)37-29-21-10-16-25-18-11-23-36-31(25)29/h2-4,6-7,10-13,16,18-21,23,26,32H,5,8-9,14-15,17,22H2,1H3,(H,37,40)/t26-,32-/m0/s1. The minimum atomic E-state index is -1.06. The molecule has 3 amide bonds. The van der Waals surface area contributed by atoms with E-state index in [2.05, 4.69) is 22.4 Å². The van der Waals surface area contributed by atoms with Crippen LogP contribution in [0.15, 0.2) is 91.1 Å². The Morgan fingerprint density at radius 3 is 2.21 bits per heavy atom. The van der Waals surface area contributed by atoms with Crippen LogP contribution in [0.25, 0.3) is 10.9 Å². The van der Waals surface area contributed by atoms with Crippen molar-refractivity contribution in [2.75, 3.05) is 12.4 Å². The van der Waals surface area contributed by atoms with Gasteiger partial charge >= 0.3 is 5.97 Å². The maximum absolute atomic E-state index is 14.3. The van der Waals surface area contributed by atoms with Gasteiger partial charge in [0.25, 0.3) is 11.8 Å². The first-order chi connectivity index (χ1) is 21.0. The first kappa shape index (κ1) is 29.6. The smallest absolute Gasteiger partial charge is 0.305 e. The van der Waals surface area contributed by atoms with Crippen LogP contribution >= 0.6 is 0 Å². The fourth-order valence-corrected chi connectivity index (χ4v) is 5.87. The molecule has 1 aliphatic heterocycles. The number of benzene rings is 3. The number of aromatic nitrogens is 1. The van der Waals surface area contributed by atoms with E-state index in [9.17, 15) is 19.2 Å². The lowest BCUT2D eigenvalue weighted by Crippen LogP contribution is -2.51. The van der Waals surface area contributed by atoms with Gasteiger partial charge in [0.05, 0.1) is 29.4 Å². The molecule has 1 N–H and O–H groups in total. The van der Waals surface area contributed by atoms with Gasteiger partial charge in [-0.25, -0.2) is 0 Å². The molecule has 220 valence electrons. The highest BCUT2D eigenvalue weighted by atomic mass is 16.5. The molecule has 8 nitrogen and oxygen atoms in total. The summed E-state index contributed by atoms with van der Waals surface area (Å²) in [6.45, 7) is 0. The highest BCUT2D eigenvalue weighted by Gasteiger charge is 2.45. The van der Waals surface area contributed by atoms with Gasteiger partial charge in [-0.1, -0.05) is 67.1 Å². The summed E-state index contributed by atoms with van der Waals surface area (Å²) in [5.41, 5.74) is 2.91. The lowest BCUT2D eigenvalue weighted by molar-refractivity contribution is -0.140. The minimum Gasteiger partial charge on any atom is -0.469 e. The number of esters is 1. The number of amides is 3. The molecule has 1 aliphatic rings. The molecule has 5 rings (SSSR count). The Balaban J connectivity index is 1.47. The molecule has 0 radical (unpaired) electrons. The molecule has 1 aromatic heterocycles. The quantitative estimate of drug-likeness (QED) is 0.115. The van der Waals surface area contributed by atoms with Crippen LogP contribution in [0.3, 0.4) is 0 Å². The molecular formula is C35H35N3O5. The van der Waals surface area contributed by atoms with E-state index >= 15 is 0 Å². The number of nitrogens with one attached hydrogen (secondary N) is 1. The van der Waals surface area contributed by atoms with Gasteiger partial charge < -0.3 is 10.1 Å². The van der Waals surface area contributed by atoms with E-state index in [1.54, 1.807) is 36.5 Å². The van der Waals surface area contributed by atoms with Gasteiger partial charge in [0.2, 0.25) is 5.91 Å². The number of nitrogens with zero attached hydrogens (tertiary/aromatic N) is 2. The van der Waals surface area contributed by atoms with Crippen molar-refractivity contribution in [3.05, 3.63) is 108 Å². The van der Waals surface area contributed by atoms with Crippen LogP contribution in [0.5, 0.6) is 0 Å². The van der Waals surface area contributed by atoms with Gasteiger partial charge in [0.1, 0.15) is 6.04 Å². The third kappa shape index (κ3) is 6.80. The van der Waals surface area contributed by atoms with Gasteiger partial charge in [0.15, 0.2) is 0 Å². The number of para-hydroxylation sites is 1. The summed E-state index contributed by atoms with van der Waals surface area (Å²) in [6, 6.07) is 25.0. The molecule has 2 heterocycles. The van der Waals surface area contributed by atoms with E-state index in [-0.39, 0.29) is 18.3 Å². The Morgan fingerprint density at radius 1 is 0.814 bits per heavy atom. The van der Waals surface area contributed by atoms with Gasteiger partial charge in [-0.2, -0.15) is 0 Å². The summed E-state index contributed by atoms with van der Waals surface area (Å²) in [6.07, 6.45) is 5.83. The van der Waals surface area contributed by atoms with Crippen LogP contribution in [0.1, 0.15) is 64.8 Å². The zero-order valence-electron chi connectivity index (χ0n) is 24.2. The lowest BCUT2D eigenvalue weighted by Gasteiger charge is -2.33. The SMILES string of the molecule is COC(=O)CCCC[C@@H](CCCc1ccccc1)[C@@H](C(=O)Nc1cccc2cccnc12)N1C(=O)c2ccccc2C1=O. The topological polar surface area (TPSA) is 106 Å². The average molecular weight is 578 g/mol. The molecule has 0 saturated heterocycles. The monoisotopic (exact) mass is 577 g/mol. The van der Waals surface area contributed by atoms with Crippen LogP contribution in [-0.2, 0) is 20.7 Å². The molecule has 3 aromatic carbocycles. The van der Waals surface area contributed by atoms with Crippen molar-refractivity contribution in [2.24, 2.45) is 5.92 Å². The van der Waals surface area contributed by atoms with Crippen molar-refractivity contribution in [1.29, 1.82) is 0 Å². The van der Waals surface area contributed by atoms with Crippen molar-refractivity contribution in [3.8, 4) is 0 Å². The molecule has 8 heteroatoms. The van der Waals surface area contributed by atoms with Crippen LogP contribution in [-0.4, -0.2) is 46.7 Å². The van der Waals surface area contributed by atoms with Crippen LogP contribution in [0.4, 0.5) is 5.69 Å². The maximum Gasteiger partial charge on any atom is 0.305 e. The summed E-state index contributed by atoms with van der Waals surface area (Å²) < 4.78 is 4.80. The molecular weight excluding hydrogens is 542 g/mol. The van der Waals surface area contributed by atoms with Crippen LogP contribution in [0.2, 0.25) is 0 Å². The average Bonchev–Trinajstić information content (AvgIpc) is 3.28. The number of carbonyl (C=O) groups excluding carboxylic acids is 4. The Morgan fingerprint density at radius 2 is 1.49 bits per heavy atom. The Kier molecular flexibility index (Phi) is 9.56. The van der Waals surface area contributed by atoms with E-state index in [0.29, 0.717) is 48.0 Å². The second-order valence-corrected chi connectivity index (χ2v) is 10.8. The predicted molar refractivity (Wildman–Crippen MR) is 164 cm³/mol. The fraction of sp³-hybridized carbons (Fsp3) is 0.286. The first-order valence-electron chi connectivity index (χ1n) is 14.7. The molecule has 0 spiro atoms. The molecule has 2 atom stereocenters. The van der Waals surface area contributed by atoms with Crippen molar-refractivity contribution in [2.45, 2.75) is 51.0 Å². The number of imide groups is 1. The van der Waals surface area contributed by atoms with Gasteiger partial charge in [-0.05, 0) is 67.9 Å². The van der Waals surface area contributed by atoms with Crippen LogP contribution < -0.4 is 5.32 Å². The van der Waals surface area contributed by atoms with Gasteiger partial charge in [-0.3, -0.25) is 29.1 Å². The summed E-state index contributed by atoms with van der Waals surface area (Å²) in [7, 11) is 1.36. The molecule has 43 heavy (non-hydrogen) atoms. The van der Waals surface area contributed by atoms with Crippen molar-refractivity contribution < 1.29 is 23.9 Å². The van der Waals surface area contributed by atoms with E-state index in [1.807, 2.05) is 42.5 Å². The summed E-state index contributed by atoms with van der Waals surface area (Å²) in [5.74, 6) is -2.02. The first-order valence-corrected chi connectivity index (χ1v) is 14.7. The number of hydrogen-bond acceptors (Lipinski definition) is 6.